The Morgan fingerprint density at radius 1 is 1.37 bits per heavy atom. The molecule has 0 atom stereocenters. The number of non-ortho nitro benzene ring substituents is 1. The van der Waals surface area contributed by atoms with Crippen molar-refractivity contribution in [1.82, 2.24) is 4.98 Å². The number of nitro groups is 1. The molecule has 6 heteroatoms. The second-order valence-corrected chi connectivity index (χ2v) is 3.71. The molecule has 0 unspecified atom stereocenters. The van der Waals surface area contributed by atoms with Crippen molar-refractivity contribution in [2.24, 2.45) is 0 Å². The molecule has 1 heterocycles. The van der Waals surface area contributed by atoms with Gasteiger partial charge in [-0.15, -0.1) is 0 Å². The van der Waals surface area contributed by atoms with Crippen molar-refractivity contribution in [3.05, 3.63) is 52.3 Å². The van der Waals surface area contributed by atoms with Gasteiger partial charge < -0.3 is 4.74 Å². The summed E-state index contributed by atoms with van der Waals surface area (Å²) >= 11 is 0. The van der Waals surface area contributed by atoms with Gasteiger partial charge in [-0.25, -0.2) is 0 Å². The van der Waals surface area contributed by atoms with Crippen molar-refractivity contribution >= 4 is 5.69 Å². The van der Waals surface area contributed by atoms with Crippen LogP contribution < -0.4 is 4.74 Å². The highest BCUT2D eigenvalue weighted by atomic mass is 16.6. The molecule has 0 radical (unpaired) electrons. The third-order valence-electron chi connectivity index (χ3n) is 2.59. The standard InChI is InChI=1S/C13H9N3O3/c1-19-12-5-10(7-15-8-12)13-3-2-11(16(17)18)4-9(13)6-14/h2-5,7-8H,1H3. The van der Waals surface area contributed by atoms with Crippen molar-refractivity contribution in [2.45, 2.75) is 0 Å². The van der Waals surface area contributed by atoms with Gasteiger partial charge in [0.1, 0.15) is 11.8 Å². The summed E-state index contributed by atoms with van der Waals surface area (Å²) in [6, 6.07) is 7.81. The summed E-state index contributed by atoms with van der Waals surface area (Å²) in [4.78, 5) is 14.1. The molecule has 19 heavy (non-hydrogen) atoms. The van der Waals surface area contributed by atoms with Gasteiger partial charge >= 0.3 is 0 Å². The fourth-order valence-electron chi connectivity index (χ4n) is 1.67. The number of benzene rings is 1. The van der Waals surface area contributed by atoms with Crippen LogP contribution in [0, 0.1) is 21.4 Å². The van der Waals surface area contributed by atoms with Crippen LogP contribution in [0.15, 0.2) is 36.7 Å². The summed E-state index contributed by atoms with van der Waals surface area (Å²) in [6.07, 6.45) is 3.12. The molecule has 0 aliphatic carbocycles. The van der Waals surface area contributed by atoms with Crippen LogP contribution in [0.5, 0.6) is 5.75 Å². The first-order valence-electron chi connectivity index (χ1n) is 5.33. The van der Waals surface area contributed by atoms with Gasteiger partial charge in [0, 0.05) is 29.5 Å². The van der Waals surface area contributed by atoms with Crippen LogP contribution in [-0.2, 0) is 0 Å². The second kappa shape index (κ2) is 5.14. The number of nitrogens with zero attached hydrogens (tertiary/aromatic N) is 3. The molecular formula is C13H9N3O3. The third kappa shape index (κ3) is 2.50. The first kappa shape index (κ1) is 12.5. The smallest absolute Gasteiger partial charge is 0.270 e. The zero-order valence-electron chi connectivity index (χ0n) is 10.0. The lowest BCUT2D eigenvalue weighted by atomic mass is 10.0. The molecule has 1 aromatic carbocycles. The molecule has 0 bridgehead atoms. The lowest BCUT2D eigenvalue weighted by molar-refractivity contribution is -0.384. The maximum atomic E-state index is 10.7. The predicted octanol–water partition coefficient (Wildman–Crippen LogP) is 2.54. The zero-order valence-corrected chi connectivity index (χ0v) is 10.0. The Morgan fingerprint density at radius 3 is 2.79 bits per heavy atom. The topological polar surface area (TPSA) is 89.1 Å². The largest absolute Gasteiger partial charge is 0.495 e. The van der Waals surface area contributed by atoms with Gasteiger partial charge in [-0.2, -0.15) is 5.26 Å². The van der Waals surface area contributed by atoms with Gasteiger partial charge in [0.2, 0.25) is 0 Å². The molecule has 6 nitrogen and oxygen atoms in total. The average Bonchev–Trinajstić information content (AvgIpc) is 2.46. The first-order chi connectivity index (χ1) is 9.15. The Labute approximate surface area is 109 Å². The summed E-state index contributed by atoms with van der Waals surface area (Å²) in [5.41, 5.74) is 1.37. The highest BCUT2D eigenvalue weighted by molar-refractivity contribution is 5.72. The van der Waals surface area contributed by atoms with Gasteiger partial charge in [-0.1, -0.05) is 0 Å². The molecule has 1 aromatic heterocycles. The summed E-state index contributed by atoms with van der Waals surface area (Å²) in [5.74, 6) is 0.555. The van der Waals surface area contributed by atoms with E-state index in [9.17, 15) is 10.1 Å². The Kier molecular flexibility index (Phi) is 3.39. The number of hydrogen-bond donors (Lipinski definition) is 0. The van der Waals surface area contributed by atoms with Crippen LogP contribution in [0.2, 0.25) is 0 Å². The molecule has 0 aliphatic rings. The molecular weight excluding hydrogens is 246 g/mol. The van der Waals surface area contributed by atoms with E-state index in [2.05, 4.69) is 4.98 Å². The van der Waals surface area contributed by atoms with Crippen LogP contribution in [0.4, 0.5) is 5.69 Å². The quantitative estimate of drug-likeness (QED) is 0.621. The van der Waals surface area contributed by atoms with Gasteiger partial charge in [-0.3, -0.25) is 15.1 Å². The maximum Gasteiger partial charge on any atom is 0.270 e. The average molecular weight is 255 g/mol. The Morgan fingerprint density at radius 2 is 2.16 bits per heavy atom. The molecule has 2 rings (SSSR count). The molecule has 0 amide bonds. The third-order valence-corrected chi connectivity index (χ3v) is 2.59. The minimum Gasteiger partial charge on any atom is -0.495 e. The second-order valence-electron chi connectivity index (χ2n) is 3.71. The van der Waals surface area contributed by atoms with Crippen LogP contribution >= 0.6 is 0 Å². The summed E-state index contributed by atoms with van der Waals surface area (Å²) in [5, 5.41) is 19.8. The van der Waals surface area contributed by atoms with Crippen LogP contribution in [-0.4, -0.2) is 17.0 Å². The van der Waals surface area contributed by atoms with Crippen molar-refractivity contribution < 1.29 is 9.66 Å². The number of nitriles is 1. The van der Waals surface area contributed by atoms with Crippen LogP contribution in [0.25, 0.3) is 11.1 Å². The Bertz CT molecular complexity index is 677. The number of hydrogen-bond acceptors (Lipinski definition) is 5. The van der Waals surface area contributed by atoms with Gasteiger partial charge in [0.05, 0.1) is 23.8 Å². The monoisotopic (exact) mass is 255 g/mol. The van der Waals surface area contributed by atoms with E-state index in [4.69, 9.17) is 10.00 Å². The maximum absolute atomic E-state index is 10.7. The highest BCUT2D eigenvalue weighted by Crippen LogP contribution is 2.28. The summed E-state index contributed by atoms with van der Waals surface area (Å²) in [7, 11) is 1.52. The highest BCUT2D eigenvalue weighted by Gasteiger charge is 2.12. The minimum atomic E-state index is -0.533. The number of rotatable bonds is 3. The van der Waals surface area contributed by atoms with Crippen molar-refractivity contribution in [2.75, 3.05) is 7.11 Å². The molecule has 94 valence electrons. The van der Waals surface area contributed by atoms with E-state index >= 15 is 0 Å². The number of aromatic nitrogens is 1. The lowest BCUT2D eigenvalue weighted by Crippen LogP contribution is -1.92. The van der Waals surface area contributed by atoms with Crippen molar-refractivity contribution in [1.29, 1.82) is 5.26 Å². The van der Waals surface area contributed by atoms with E-state index < -0.39 is 4.92 Å². The van der Waals surface area contributed by atoms with Crippen molar-refractivity contribution in [3.63, 3.8) is 0 Å². The molecule has 0 saturated heterocycles. The van der Waals surface area contributed by atoms with E-state index in [0.717, 1.165) is 0 Å². The number of pyridine rings is 1. The van der Waals surface area contributed by atoms with Crippen LogP contribution in [0.3, 0.4) is 0 Å². The first-order valence-corrected chi connectivity index (χ1v) is 5.33. The van der Waals surface area contributed by atoms with Gasteiger partial charge in [-0.05, 0) is 12.1 Å². The summed E-state index contributed by atoms with van der Waals surface area (Å²) < 4.78 is 5.06. The Balaban J connectivity index is 2.56. The molecule has 0 spiro atoms. The molecule has 0 aliphatic heterocycles. The van der Waals surface area contributed by atoms with Crippen LogP contribution in [0.1, 0.15) is 5.56 Å². The summed E-state index contributed by atoms with van der Waals surface area (Å²) in [6.45, 7) is 0. The lowest BCUT2D eigenvalue weighted by Gasteiger charge is -2.05. The van der Waals surface area contributed by atoms with Crippen molar-refractivity contribution in [3.8, 4) is 22.9 Å². The normalized spacial score (nSPS) is 9.68. The molecule has 2 aromatic rings. The predicted molar refractivity (Wildman–Crippen MR) is 67.6 cm³/mol. The zero-order chi connectivity index (χ0) is 13.8. The van der Waals surface area contributed by atoms with Gasteiger partial charge in [0.25, 0.3) is 5.69 Å². The number of ether oxygens (including phenoxy) is 1. The number of nitro benzene ring substituents is 1. The van der Waals surface area contributed by atoms with Gasteiger partial charge in [0.15, 0.2) is 0 Å². The van der Waals surface area contributed by atoms with E-state index in [1.54, 1.807) is 18.5 Å². The fourth-order valence-corrected chi connectivity index (χ4v) is 1.67. The van der Waals surface area contributed by atoms with E-state index in [1.807, 2.05) is 6.07 Å². The molecule has 0 fully saturated rings. The fraction of sp³-hybridized carbons (Fsp3) is 0.0769. The minimum absolute atomic E-state index is 0.115. The van der Waals surface area contributed by atoms with E-state index in [0.29, 0.717) is 16.9 Å². The molecule has 0 N–H and O–H groups in total. The SMILES string of the molecule is COc1cncc(-c2ccc([N+](=O)[O-])cc2C#N)c1. The van der Waals surface area contributed by atoms with E-state index in [1.165, 1.54) is 25.3 Å². The van der Waals surface area contributed by atoms with E-state index in [-0.39, 0.29) is 11.3 Å². The number of methoxy groups -OCH3 is 1. The molecule has 0 saturated carbocycles. The Hall–Kier alpha value is -2.94.